The van der Waals surface area contributed by atoms with Gasteiger partial charge in [-0.05, 0) is 48.5 Å². The lowest BCUT2D eigenvalue weighted by atomic mass is 10.2. The molecule has 2 aromatic carbocycles. The molecule has 0 radical (unpaired) electrons. The van der Waals surface area contributed by atoms with Crippen LogP contribution in [0.3, 0.4) is 0 Å². The standard InChI is InChI=1S/C18H15ClFNO2/c19-16-8-9-17(18-15(16)3-1-10-21-18)23-12-2-11-22-14-6-4-13(20)5-7-14/h1,3-10H,2,11-12H2. The lowest BCUT2D eigenvalue weighted by Crippen LogP contribution is -2.05. The van der Waals surface area contributed by atoms with Crippen molar-refractivity contribution >= 4 is 22.5 Å². The van der Waals surface area contributed by atoms with E-state index in [2.05, 4.69) is 4.98 Å². The van der Waals surface area contributed by atoms with Gasteiger partial charge >= 0.3 is 0 Å². The summed E-state index contributed by atoms with van der Waals surface area (Å²) in [6.45, 7) is 0.985. The van der Waals surface area contributed by atoms with Crippen LogP contribution in [0.4, 0.5) is 4.39 Å². The fraction of sp³-hybridized carbons (Fsp3) is 0.167. The molecule has 0 saturated carbocycles. The molecule has 0 N–H and O–H groups in total. The van der Waals surface area contributed by atoms with Gasteiger partial charge in [0.15, 0.2) is 0 Å². The van der Waals surface area contributed by atoms with Crippen LogP contribution in [0.5, 0.6) is 11.5 Å². The molecule has 0 unspecified atom stereocenters. The zero-order valence-electron chi connectivity index (χ0n) is 12.3. The highest BCUT2D eigenvalue weighted by atomic mass is 35.5. The Morgan fingerprint density at radius 2 is 1.74 bits per heavy atom. The average molecular weight is 332 g/mol. The Labute approximate surface area is 138 Å². The van der Waals surface area contributed by atoms with Crippen molar-refractivity contribution < 1.29 is 13.9 Å². The van der Waals surface area contributed by atoms with Crippen molar-refractivity contribution in [3.8, 4) is 11.5 Å². The van der Waals surface area contributed by atoms with Crippen LogP contribution in [0, 0.1) is 5.82 Å². The van der Waals surface area contributed by atoms with E-state index in [0.717, 1.165) is 10.9 Å². The molecule has 3 aromatic rings. The predicted molar refractivity (Wildman–Crippen MR) is 88.8 cm³/mol. The number of hydrogen-bond donors (Lipinski definition) is 0. The minimum atomic E-state index is -0.275. The van der Waals surface area contributed by atoms with E-state index >= 15 is 0 Å². The second-order valence-corrected chi connectivity index (χ2v) is 5.36. The average Bonchev–Trinajstić information content (AvgIpc) is 2.58. The van der Waals surface area contributed by atoms with E-state index in [1.54, 1.807) is 24.4 Å². The Morgan fingerprint density at radius 3 is 2.57 bits per heavy atom. The number of aromatic nitrogens is 1. The maximum atomic E-state index is 12.8. The van der Waals surface area contributed by atoms with E-state index in [-0.39, 0.29) is 5.82 Å². The van der Waals surface area contributed by atoms with E-state index in [4.69, 9.17) is 21.1 Å². The molecule has 0 aliphatic heterocycles. The molecule has 3 rings (SSSR count). The van der Waals surface area contributed by atoms with E-state index < -0.39 is 0 Å². The molecule has 0 amide bonds. The number of halogens is 2. The molecule has 118 valence electrons. The number of benzene rings is 2. The highest BCUT2D eigenvalue weighted by Crippen LogP contribution is 2.29. The van der Waals surface area contributed by atoms with Gasteiger partial charge in [-0.2, -0.15) is 0 Å². The van der Waals surface area contributed by atoms with Gasteiger partial charge < -0.3 is 9.47 Å². The van der Waals surface area contributed by atoms with Gasteiger partial charge in [0.1, 0.15) is 22.8 Å². The second-order valence-electron chi connectivity index (χ2n) is 4.95. The summed E-state index contributed by atoms with van der Waals surface area (Å²) in [6, 6.07) is 13.3. The molecule has 0 atom stereocenters. The third-order valence-electron chi connectivity index (χ3n) is 3.31. The molecule has 0 spiro atoms. The summed E-state index contributed by atoms with van der Waals surface area (Å²) in [5.74, 6) is 1.07. The number of nitrogens with zero attached hydrogens (tertiary/aromatic N) is 1. The first-order valence-electron chi connectivity index (χ1n) is 7.28. The molecule has 1 aromatic heterocycles. The van der Waals surface area contributed by atoms with Crippen LogP contribution in [0.2, 0.25) is 5.02 Å². The summed E-state index contributed by atoms with van der Waals surface area (Å²) in [4.78, 5) is 4.32. The van der Waals surface area contributed by atoms with E-state index in [1.165, 1.54) is 12.1 Å². The maximum absolute atomic E-state index is 12.8. The van der Waals surface area contributed by atoms with Gasteiger partial charge in [0.25, 0.3) is 0 Å². The molecule has 0 fully saturated rings. The number of fused-ring (bicyclic) bond motifs is 1. The zero-order chi connectivity index (χ0) is 16.1. The SMILES string of the molecule is Fc1ccc(OCCCOc2ccc(Cl)c3cccnc23)cc1. The first-order chi connectivity index (χ1) is 11.2. The van der Waals surface area contributed by atoms with Crippen molar-refractivity contribution in [2.75, 3.05) is 13.2 Å². The Balaban J connectivity index is 1.53. The normalized spacial score (nSPS) is 10.7. The third-order valence-corrected chi connectivity index (χ3v) is 3.64. The lowest BCUT2D eigenvalue weighted by molar-refractivity contribution is 0.248. The molecule has 0 aliphatic rings. The van der Waals surface area contributed by atoms with Gasteiger partial charge in [-0.15, -0.1) is 0 Å². The number of pyridine rings is 1. The third kappa shape index (κ3) is 3.90. The summed E-state index contributed by atoms with van der Waals surface area (Å²) in [5.41, 5.74) is 0.749. The summed E-state index contributed by atoms with van der Waals surface area (Å²) < 4.78 is 24.1. The van der Waals surface area contributed by atoms with Crippen LogP contribution in [-0.2, 0) is 0 Å². The van der Waals surface area contributed by atoms with Crippen molar-refractivity contribution in [2.45, 2.75) is 6.42 Å². The molecular weight excluding hydrogens is 317 g/mol. The first-order valence-corrected chi connectivity index (χ1v) is 7.66. The Bertz CT molecular complexity index is 793. The van der Waals surface area contributed by atoms with Gasteiger partial charge in [-0.3, -0.25) is 4.98 Å². The topological polar surface area (TPSA) is 31.4 Å². The summed E-state index contributed by atoms with van der Waals surface area (Å²) in [5, 5.41) is 1.52. The number of rotatable bonds is 6. The molecule has 3 nitrogen and oxygen atoms in total. The van der Waals surface area contributed by atoms with Gasteiger partial charge in [0.2, 0.25) is 0 Å². The Kier molecular flexibility index (Phi) is 4.93. The molecule has 1 heterocycles. The van der Waals surface area contributed by atoms with Gasteiger partial charge in [-0.25, -0.2) is 4.39 Å². The summed E-state index contributed by atoms with van der Waals surface area (Å²) >= 11 is 6.15. The van der Waals surface area contributed by atoms with Gasteiger partial charge in [0, 0.05) is 18.0 Å². The van der Waals surface area contributed by atoms with E-state index in [0.29, 0.717) is 36.2 Å². The molecule has 0 bridgehead atoms. The van der Waals surface area contributed by atoms with Gasteiger partial charge in [0.05, 0.1) is 18.2 Å². The van der Waals surface area contributed by atoms with Crippen LogP contribution in [-0.4, -0.2) is 18.2 Å². The van der Waals surface area contributed by atoms with Gasteiger partial charge in [-0.1, -0.05) is 11.6 Å². The molecule has 0 saturated heterocycles. The summed E-state index contributed by atoms with van der Waals surface area (Å²) in [6.07, 6.45) is 2.41. The second kappa shape index (κ2) is 7.29. The van der Waals surface area contributed by atoms with Crippen molar-refractivity contribution in [3.05, 3.63) is 65.6 Å². The molecule has 5 heteroatoms. The maximum Gasteiger partial charge on any atom is 0.145 e. The highest BCUT2D eigenvalue weighted by molar-refractivity contribution is 6.35. The first kappa shape index (κ1) is 15.6. The highest BCUT2D eigenvalue weighted by Gasteiger charge is 2.06. The van der Waals surface area contributed by atoms with Crippen molar-refractivity contribution in [1.29, 1.82) is 0 Å². The van der Waals surface area contributed by atoms with Crippen LogP contribution >= 0.6 is 11.6 Å². The van der Waals surface area contributed by atoms with E-state index in [1.807, 2.05) is 18.2 Å². The zero-order valence-corrected chi connectivity index (χ0v) is 13.1. The summed E-state index contributed by atoms with van der Waals surface area (Å²) in [7, 11) is 0. The quantitative estimate of drug-likeness (QED) is 0.603. The molecule has 23 heavy (non-hydrogen) atoms. The Morgan fingerprint density at radius 1 is 0.957 bits per heavy atom. The minimum Gasteiger partial charge on any atom is -0.493 e. The smallest absolute Gasteiger partial charge is 0.145 e. The van der Waals surface area contributed by atoms with Crippen molar-refractivity contribution in [3.63, 3.8) is 0 Å². The van der Waals surface area contributed by atoms with Crippen LogP contribution in [0.15, 0.2) is 54.7 Å². The lowest BCUT2D eigenvalue weighted by Gasteiger charge is -2.10. The van der Waals surface area contributed by atoms with Crippen LogP contribution in [0.1, 0.15) is 6.42 Å². The van der Waals surface area contributed by atoms with Crippen LogP contribution in [0.25, 0.3) is 10.9 Å². The van der Waals surface area contributed by atoms with E-state index in [9.17, 15) is 4.39 Å². The largest absolute Gasteiger partial charge is 0.493 e. The Hall–Kier alpha value is -2.33. The fourth-order valence-corrected chi connectivity index (χ4v) is 2.41. The minimum absolute atomic E-state index is 0.275. The number of hydrogen-bond acceptors (Lipinski definition) is 3. The monoisotopic (exact) mass is 331 g/mol. The van der Waals surface area contributed by atoms with Crippen molar-refractivity contribution in [2.24, 2.45) is 0 Å². The molecular formula is C18H15ClFNO2. The predicted octanol–water partition coefficient (Wildman–Crippen LogP) is 4.88. The molecule has 0 aliphatic carbocycles. The fourth-order valence-electron chi connectivity index (χ4n) is 2.19. The number of ether oxygens (including phenoxy) is 2. The van der Waals surface area contributed by atoms with Crippen LogP contribution < -0.4 is 9.47 Å². The van der Waals surface area contributed by atoms with Crippen molar-refractivity contribution in [1.82, 2.24) is 4.98 Å².